The summed E-state index contributed by atoms with van der Waals surface area (Å²) in [6, 6.07) is 7.56. The van der Waals surface area contributed by atoms with Crippen LogP contribution in [0.2, 0.25) is 0 Å². The molecule has 0 radical (unpaired) electrons. The van der Waals surface area contributed by atoms with Gasteiger partial charge >= 0.3 is 12.1 Å². The summed E-state index contributed by atoms with van der Waals surface area (Å²) in [5.74, 6) is -1.60. The van der Waals surface area contributed by atoms with Crippen LogP contribution in [0, 0.1) is 0 Å². The largest absolute Gasteiger partial charge is 0.490 e. The number of halogens is 3. The van der Waals surface area contributed by atoms with Crippen LogP contribution < -0.4 is 0 Å². The number of ether oxygens (including phenoxy) is 1. The Morgan fingerprint density at radius 2 is 1.81 bits per heavy atom. The number of aromatic nitrogens is 3. The van der Waals surface area contributed by atoms with Gasteiger partial charge in [0.25, 0.3) is 5.91 Å². The Kier molecular flexibility index (Phi) is 7.11. The average Bonchev–Trinajstić information content (AvgIpc) is 3.17. The molecule has 8 nitrogen and oxygen atoms in total. The van der Waals surface area contributed by atoms with E-state index in [1.165, 1.54) is 0 Å². The molecule has 4 rings (SSSR count). The number of carbonyl (C=O) groups excluding carboxylic acids is 1. The molecule has 1 atom stereocenters. The molecule has 31 heavy (non-hydrogen) atoms. The van der Waals surface area contributed by atoms with Gasteiger partial charge in [0.15, 0.2) is 0 Å². The zero-order valence-corrected chi connectivity index (χ0v) is 17.0. The van der Waals surface area contributed by atoms with Gasteiger partial charge in [0.05, 0.1) is 23.2 Å². The van der Waals surface area contributed by atoms with Crippen LogP contribution in [0.25, 0.3) is 0 Å². The summed E-state index contributed by atoms with van der Waals surface area (Å²) in [5.41, 5.74) is 0.954. The van der Waals surface area contributed by atoms with Gasteiger partial charge in [-0.05, 0) is 24.6 Å². The van der Waals surface area contributed by atoms with Crippen molar-refractivity contribution < 1.29 is 32.6 Å². The molecule has 2 aromatic heterocycles. The lowest BCUT2D eigenvalue weighted by molar-refractivity contribution is -0.192. The van der Waals surface area contributed by atoms with Crippen LogP contribution in [-0.2, 0) is 16.1 Å². The highest BCUT2D eigenvalue weighted by Gasteiger charge is 2.51. The van der Waals surface area contributed by atoms with Crippen molar-refractivity contribution in [2.45, 2.75) is 30.1 Å². The lowest BCUT2D eigenvalue weighted by atomic mass is 9.93. The number of likely N-dealkylation sites (tertiary alicyclic amines) is 1. The van der Waals surface area contributed by atoms with E-state index in [0.717, 1.165) is 31.0 Å². The van der Waals surface area contributed by atoms with Crippen molar-refractivity contribution in [3.8, 4) is 0 Å². The third kappa shape index (κ3) is 6.14. The number of carboxylic acids is 1. The number of pyridine rings is 1. The zero-order valence-electron chi connectivity index (χ0n) is 16.2. The van der Waals surface area contributed by atoms with E-state index in [0.29, 0.717) is 6.61 Å². The topological polar surface area (TPSA) is 106 Å². The van der Waals surface area contributed by atoms with E-state index in [1.54, 1.807) is 24.7 Å². The highest BCUT2D eigenvalue weighted by molar-refractivity contribution is 8.01. The molecule has 12 heteroatoms. The second kappa shape index (κ2) is 9.60. The van der Waals surface area contributed by atoms with Crippen LogP contribution in [0.3, 0.4) is 0 Å². The highest BCUT2D eigenvalue weighted by atomic mass is 32.2. The molecule has 2 saturated heterocycles. The minimum atomic E-state index is -5.08. The van der Waals surface area contributed by atoms with Crippen molar-refractivity contribution in [3.05, 3.63) is 54.4 Å². The van der Waals surface area contributed by atoms with Crippen molar-refractivity contribution in [1.29, 1.82) is 0 Å². The van der Waals surface area contributed by atoms with Gasteiger partial charge in [0.2, 0.25) is 5.82 Å². The van der Waals surface area contributed by atoms with Crippen molar-refractivity contribution in [2.75, 3.05) is 18.8 Å². The van der Waals surface area contributed by atoms with Gasteiger partial charge in [-0.25, -0.2) is 14.8 Å². The van der Waals surface area contributed by atoms with Gasteiger partial charge in [-0.15, -0.1) is 11.8 Å². The average molecular weight is 456 g/mol. The Labute approximate surface area is 179 Å². The number of carboxylic acid groups (broad SMARTS) is 1. The molecule has 1 amide bonds. The predicted molar refractivity (Wildman–Crippen MR) is 104 cm³/mol. The minimum Gasteiger partial charge on any atom is -0.475 e. The number of rotatable bonds is 4. The lowest BCUT2D eigenvalue weighted by Crippen LogP contribution is -2.61. The van der Waals surface area contributed by atoms with Gasteiger partial charge in [-0.2, -0.15) is 13.2 Å². The van der Waals surface area contributed by atoms with E-state index in [4.69, 9.17) is 14.6 Å². The first-order chi connectivity index (χ1) is 14.7. The van der Waals surface area contributed by atoms with Crippen LogP contribution in [0.4, 0.5) is 13.2 Å². The quantitative estimate of drug-likeness (QED) is 0.748. The number of hydrogen-bond acceptors (Lipinski definition) is 7. The Morgan fingerprint density at radius 1 is 1.16 bits per heavy atom. The maximum Gasteiger partial charge on any atom is 0.490 e. The maximum atomic E-state index is 12.3. The normalized spacial score (nSPS) is 19.3. The van der Waals surface area contributed by atoms with E-state index in [9.17, 15) is 18.0 Å². The number of hydrogen-bond donors (Lipinski definition) is 1. The molecule has 1 N–H and O–H groups in total. The number of carbonyl (C=O) groups is 2. The molecule has 0 aliphatic carbocycles. The van der Waals surface area contributed by atoms with E-state index in [1.807, 2.05) is 34.9 Å². The molecule has 166 valence electrons. The highest BCUT2D eigenvalue weighted by Crippen LogP contribution is 2.46. The molecular formula is C19H19F3N4O4S. The Bertz CT molecular complexity index is 896. The number of alkyl halides is 3. The summed E-state index contributed by atoms with van der Waals surface area (Å²) < 4.78 is 37.9. The lowest BCUT2D eigenvalue weighted by Gasteiger charge is -2.47. The molecule has 2 aromatic rings. The monoisotopic (exact) mass is 456 g/mol. The minimum absolute atomic E-state index is 0.0836. The Hall–Kier alpha value is -2.73. The summed E-state index contributed by atoms with van der Waals surface area (Å²) in [5, 5.41) is 7.12. The van der Waals surface area contributed by atoms with E-state index in [-0.39, 0.29) is 22.6 Å². The van der Waals surface area contributed by atoms with Crippen LogP contribution >= 0.6 is 11.8 Å². The fraction of sp³-hybridized carbons (Fsp3) is 0.421. The van der Waals surface area contributed by atoms with Crippen molar-refractivity contribution >= 4 is 23.6 Å². The molecule has 2 aliphatic heterocycles. The van der Waals surface area contributed by atoms with Gasteiger partial charge in [-0.3, -0.25) is 9.78 Å². The van der Waals surface area contributed by atoms with E-state index < -0.39 is 12.1 Å². The first-order valence-electron chi connectivity index (χ1n) is 9.20. The Balaban J connectivity index is 0.000000339. The summed E-state index contributed by atoms with van der Waals surface area (Å²) in [7, 11) is 0. The third-order valence-corrected chi connectivity index (χ3v) is 6.19. The van der Waals surface area contributed by atoms with Gasteiger partial charge in [-0.1, -0.05) is 6.07 Å². The summed E-state index contributed by atoms with van der Waals surface area (Å²) in [6.45, 7) is 2.04. The molecule has 2 fully saturated rings. The zero-order chi connectivity index (χ0) is 22.5. The molecule has 2 aliphatic rings. The Morgan fingerprint density at radius 3 is 2.39 bits per heavy atom. The van der Waals surface area contributed by atoms with Crippen molar-refractivity contribution in [3.63, 3.8) is 0 Å². The van der Waals surface area contributed by atoms with Gasteiger partial charge in [0, 0.05) is 37.4 Å². The number of aliphatic carboxylic acids is 1. The SMILES string of the molecule is O=C(O)C(F)(F)F.O=C(c1ncccn1)N1CC2(CC(OCc3ccccn3)CS2)C1. The molecule has 0 aromatic carbocycles. The molecule has 1 spiro atoms. The van der Waals surface area contributed by atoms with Gasteiger partial charge in [0.1, 0.15) is 0 Å². The van der Waals surface area contributed by atoms with Crippen LogP contribution in [0.15, 0.2) is 42.9 Å². The summed E-state index contributed by atoms with van der Waals surface area (Å²) in [6.07, 6.45) is 1.10. The third-order valence-electron chi connectivity index (χ3n) is 4.61. The van der Waals surface area contributed by atoms with Crippen LogP contribution in [0.1, 0.15) is 22.7 Å². The fourth-order valence-corrected chi connectivity index (χ4v) is 4.71. The second-order valence-corrected chi connectivity index (χ2v) is 8.48. The number of amides is 1. The smallest absolute Gasteiger partial charge is 0.475 e. The second-order valence-electron chi connectivity index (χ2n) is 6.99. The molecule has 0 bridgehead atoms. The number of nitrogens with zero attached hydrogens (tertiary/aromatic N) is 4. The van der Waals surface area contributed by atoms with Crippen LogP contribution in [0.5, 0.6) is 0 Å². The standard InChI is InChI=1S/C17H18N4O2S.C2HF3O2/c22-16(15-19-6-3-7-20-15)21-11-17(12-21)8-14(10-24-17)23-9-13-4-1-2-5-18-13;3-2(4,5)1(6)7/h1-7,14H,8-12H2;(H,6,7). The molecular weight excluding hydrogens is 437 g/mol. The predicted octanol–water partition coefficient (Wildman–Crippen LogP) is 2.42. The number of thioether (sulfide) groups is 1. The summed E-state index contributed by atoms with van der Waals surface area (Å²) >= 11 is 1.91. The maximum absolute atomic E-state index is 12.3. The van der Waals surface area contributed by atoms with E-state index in [2.05, 4.69) is 15.0 Å². The fourth-order valence-electron chi connectivity index (χ4n) is 3.16. The van der Waals surface area contributed by atoms with Gasteiger partial charge < -0.3 is 14.7 Å². The molecule has 1 unspecified atom stereocenters. The first kappa shape index (κ1) is 22.9. The first-order valence-corrected chi connectivity index (χ1v) is 10.2. The van der Waals surface area contributed by atoms with Crippen molar-refractivity contribution in [2.24, 2.45) is 0 Å². The van der Waals surface area contributed by atoms with E-state index >= 15 is 0 Å². The van der Waals surface area contributed by atoms with Crippen molar-refractivity contribution in [1.82, 2.24) is 19.9 Å². The molecule has 0 saturated carbocycles. The molecule has 4 heterocycles. The van der Waals surface area contributed by atoms with Crippen LogP contribution in [-0.4, -0.2) is 72.7 Å². The summed E-state index contributed by atoms with van der Waals surface area (Å²) in [4.78, 5) is 35.4.